The first-order valence-electron chi connectivity index (χ1n) is 8.31. The van der Waals surface area contributed by atoms with Crippen LogP contribution in [0.5, 0.6) is 0 Å². The number of amidine groups is 1. The number of aliphatic imine (C=N–C) groups is 1. The summed E-state index contributed by atoms with van der Waals surface area (Å²) in [6, 6.07) is 13.5. The largest absolute Gasteiger partial charge is 0.445 e. The third-order valence-electron chi connectivity index (χ3n) is 4.21. The zero-order valence-corrected chi connectivity index (χ0v) is 14.8. The van der Waals surface area contributed by atoms with Crippen LogP contribution >= 0.6 is 11.6 Å². The molecule has 7 heteroatoms. The van der Waals surface area contributed by atoms with Crippen LogP contribution in [-0.4, -0.2) is 29.4 Å². The van der Waals surface area contributed by atoms with Gasteiger partial charge in [0.2, 0.25) is 0 Å². The monoisotopic (exact) mass is 375 g/mol. The van der Waals surface area contributed by atoms with Gasteiger partial charge >= 0.3 is 6.09 Å². The lowest BCUT2D eigenvalue weighted by Gasteiger charge is -2.23. The number of rotatable bonds is 4. The minimum atomic E-state index is -0.631. The summed E-state index contributed by atoms with van der Waals surface area (Å²) in [5.41, 5.74) is 7.01. The van der Waals surface area contributed by atoms with Crippen molar-refractivity contribution in [1.29, 1.82) is 0 Å². The van der Waals surface area contributed by atoms with Crippen LogP contribution in [0.2, 0.25) is 5.02 Å². The average molecular weight is 376 g/mol. The normalized spacial score (nSPS) is 17.4. The molecule has 5 nitrogen and oxygen atoms in total. The molecule has 1 atom stereocenters. The molecule has 1 amide bonds. The number of nitrogens with zero attached hydrogens (tertiary/aromatic N) is 2. The second kappa shape index (κ2) is 8.19. The molecule has 0 aliphatic carbocycles. The summed E-state index contributed by atoms with van der Waals surface area (Å²) < 4.78 is 19.4. The van der Waals surface area contributed by atoms with Gasteiger partial charge in [0.1, 0.15) is 18.1 Å². The number of nitrogens with two attached hydrogens (primary N) is 1. The minimum absolute atomic E-state index is 0.0235. The Balaban J connectivity index is 1.69. The van der Waals surface area contributed by atoms with E-state index in [-0.39, 0.29) is 23.2 Å². The van der Waals surface area contributed by atoms with Crippen LogP contribution in [0, 0.1) is 5.82 Å². The molecular weight excluding hydrogens is 357 g/mol. The predicted octanol–water partition coefficient (Wildman–Crippen LogP) is 4.27. The highest BCUT2D eigenvalue weighted by Gasteiger charge is 2.32. The Kier molecular flexibility index (Phi) is 5.73. The van der Waals surface area contributed by atoms with Gasteiger partial charge in [-0.3, -0.25) is 4.90 Å². The summed E-state index contributed by atoms with van der Waals surface area (Å²) in [4.78, 5) is 18.1. The fourth-order valence-electron chi connectivity index (χ4n) is 2.89. The molecule has 0 spiro atoms. The fourth-order valence-corrected chi connectivity index (χ4v) is 3.06. The topological polar surface area (TPSA) is 67.9 Å². The Morgan fingerprint density at radius 2 is 2.04 bits per heavy atom. The summed E-state index contributed by atoms with van der Waals surface area (Å²) in [6.07, 6.45) is 0.971. The first-order valence-corrected chi connectivity index (χ1v) is 8.69. The third-order valence-corrected chi connectivity index (χ3v) is 4.51. The number of benzene rings is 2. The molecule has 3 rings (SSSR count). The van der Waals surface area contributed by atoms with Gasteiger partial charge in [-0.15, -0.1) is 0 Å². The molecule has 1 aliphatic heterocycles. The second-order valence-corrected chi connectivity index (χ2v) is 6.41. The number of carbonyl (C=O) groups excluding carboxylic acids is 1. The van der Waals surface area contributed by atoms with Crippen LogP contribution in [0.4, 0.5) is 14.9 Å². The molecule has 0 unspecified atom stereocenters. The van der Waals surface area contributed by atoms with Crippen molar-refractivity contribution in [3.05, 3.63) is 64.9 Å². The highest BCUT2D eigenvalue weighted by Crippen LogP contribution is 2.26. The van der Waals surface area contributed by atoms with E-state index in [9.17, 15) is 9.18 Å². The van der Waals surface area contributed by atoms with Crippen molar-refractivity contribution in [1.82, 2.24) is 4.90 Å². The maximum Gasteiger partial charge on any atom is 0.410 e. The maximum absolute atomic E-state index is 14.0. The van der Waals surface area contributed by atoms with Gasteiger partial charge in [-0.25, -0.2) is 14.2 Å². The van der Waals surface area contributed by atoms with Crippen LogP contribution in [-0.2, 0) is 11.3 Å². The molecule has 1 aliphatic rings. The number of hydrogen-bond acceptors (Lipinski definition) is 3. The number of likely N-dealkylation sites (tertiary alicyclic amines) is 1. The van der Waals surface area contributed by atoms with E-state index in [1.165, 1.54) is 17.0 Å². The Labute approximate surface area is 156 Å². The van der Waals surface area contributed by atoms with E-state index in [2.05, 4.69) is 4.99 Å². The van der Waals surface area contributed by atoms with Crippen molar-refractivity contribution >= 4 is 29.2 Å². The van der Waals surface area contributed by atoms with Crippen LogP contribution in [0.3, 0.4) is 0 Å². The van der Waals surface area contributed by atoms with Crippen molar-refractivity contribution in [3.63, 3.8) is 0 Å². The first-order chi connectivity index (χ1) is 12.6. The first kappa shape index (κ1) is 18.2. The van der Waals surface area contributed by atoms with Crippen molar-refractivity contribution in [2.24, 2.45) is 10.7 Å². The maximum atomic E-state index is 14.0. The number of amides is 1. The summed E-state index contributed by atoms with van der Waals surface area (Å²) >= 11 is 5.77. The molecule has 1 saturated heterocycles. The zero-order valence-electron chi connectivity index (χ0n) is 14.1. The lowest BCUT2D eigenvalue weighted by atomic mass is 10.2. The second-order valence-electron chi connectivity index (χ2n) is 6.00. The van der Waals surface area contributed by atoms with Gasteiger partial charge in [-0.1, -0.05) is 48.0 Å². The van der Waals surface area contributed by atoms with Crippen molar-refractivity contribution in [2.75, 3.05) is 6.54 Å². The zero-order chi connectivity index (χ0) is 18.5. The number of ether oxygens (including phenoxy) is 1. The highest BCUT2D eigenvalue weighted by atomic mass is 35.5. The van der Waals surface area contributed by atoms with Crippen LogP contribution in [0.15, 0.2) is 53.5 Å². The van der Waals surface area contributed by atoms with E-state index in [0.717, 1.165) is 12.0 Å². The fraction of sp³-hybridized carbons (Fsp3) is 0.263. The van der Waals surface area contributed by atoms with Gasteiger partial charge in [-0.2, -0.15) is 0 Å². The highest BCUT2D eigenvalue weighted by molar-refractivity contribution is 6.31. The summed E-state index contributed by atoms with van der Waals surface area (Å²) in [7, 11) is 0. The molecule has 26 heavy (non-hydrogen) atoms. The molecule has 0 bridgehead atoms. The lowest BCUT2D eigenvalue weighted by molar-refractivity contribution is 0.0991. The molecular formula is C19H19ClFN3O2. The van der Waals surface area contributed by atoms with Crippen molar-refractivity contribution < 1.29 is 13.9 Å². The van der Waals surface area contributed by atoms with Gasteiger partial charge in [-0.05, 0) is 30.5 Å². The van der Waals surface area contributed by atoms with Gasteiger partial charge in [0, 0.05) is 6.54 Å². The quantitative estimate of drug-likeness (QED) is 0.641. The van der Waals surface area contributed by atoms with E-state index >= 15 is 0 Å². The standard InChI is InChI=1S/C19H19ClFN3O2/c20-14-8-4-9-15(17(14)21)23-18(22)16-10-5-11-24(16)19(25)26-12-13-6-2-1-3-7-13/h1-4,6-9,16H,5,10-12H2,(H2,22,23)/t16-/m1/s1. The molecule has 1 heterocycles. The van der Waals surface area contributed by atoms with Crippen molar-refractivity contribution in [2.45, 2.75) is 25.5 Å². The molecule has 0 saturated carbocycles. The molecule has 2 aromatic rings. The number of hydrogen-bond donors (Lipinski definition) is 1. The van der Waals surface area contributed by atoms with E-state index in [0.29, 0.717) is 13.0 Å². The minimum Gasteiger partial charge on any atom is -0.445 e. The van der Waals surface area contributed by atoms with E-state index in [1.807, 2.05) is 30.3 Å². The van der Waals surface area contributed by atoms with Gasteiger partial charge in [0.25, 0.3) is 0 Å². The number of halogens is 2. The number of carbonyl (C=O) groups is 1. The Morgan fingerprint density at radius 3 is 2.81 bits per heavy atom. The van der Waals surface area contributed by atoms with Crippen molar-refractivity contribution in [3.8, 4) is 0 Å². The predicted molar refractivity (Wildman–Crippen MR) is 99.0 cm³/mol. The third kappa shape index (κ3) is 4.14. The van der Waals surface area contributed by atoms with E-state index in [4.69, 9.17) is 22.1 Å². The average Bonchev–Trinajstić information content (AvgIpc) is 3.14. The van der Waals surface area contributed by atoms with Gasteiger partial charge in [0.05, 0.1) is 11.1 Å². The molecule has 2 aromatic carbocycles. The molecule has 0 aromatic heterocycles. The Hall–Kier alpha value is -2.60. The Morgan fingerprint density at radius 1 is 1.27 bits per heavy atom. The molecule has 136 valence electrons. The van der Waals surface area contributed by atoms with Gasteiger partial charge in [0.15, 0.2) is 5.82 Å². The van der Waals surface area contributed by atoms with Gasteiger partial charge < -0.3 is 10.5 Å². The molecule has 1 fully saturated rings. The smallest absolute Gasteiger partial charge is 0.410 e. The summed E-state index contributed by atoms with van der Waals surface area (Å²) in [5.74, 6) is -0.464. The lowest BCUT2D eigenvalue weighted by Crippen LogP contribution is -2.44. The summed E-state index contributed by atoms with van der Waals surface area (Å²) in [5, 5.41) is -0.0235. The van der Waals surface area contributed by atoms with Crippen LogP contribution < -0.4 is 5.73 Å². The van der Waals surface area contributed by atoms with E-state index in [1.54, 1.807) is 6.07 Å². The molecule has 0 radical (unpaired) electrons. The Bertz CT molecular complexity index is 814. The molecule has 2 N–H and O–H groups in total. The SMILES string of the molecule is NC(=Nc1cccc(Cl)c1F)[C@H]1CCCN1C(=O)OCc1ccccc1. The van der Waals surface area contributed by atoms with Crippen LogP contribution in [0.1, 0.15) is 18.4 Å². The van der Waals surface area contributed by atoms with Crippen LogP contribution in [0.25, 0.3) is 0 Å². The summed E-state index contributed by atoms with van der Waals surface area (Å²) in [6.45, 7) is 0.704. The van der Waals surface area contributed by atoms with E-state index < -0.39 is 18.0 Å².